The van der Waals surface area contributed by atoms with Crippen LogP contribution in [0.1, 0.15) is 23.3 Å². The van der Waals surface area contributed by atoms with E-state index in [0.29, 0.717) is 6.42 Å². The van der Waals surface area contributed by atoms with Gasteiger partial charge in [0.25, 0.3) is 0 Å². The molecule has 1 heterocycles. The summed E-state index contributed by atoms with van der Waals surface area (Å²) in [4.78, 5) is 31.6. The lowest BCUT2D eigenvalue weighted by Crippen LogP contribution is -2.50. The SMILES string of the molecule is CC(=O)N[C@@H](Cc1ccccc1)C(=O)NC(Sc1ccccc1)C(Sc1ccccc1)c1c[nH]c2ccccc12. The minimum absolute atomic E-state index is 0.137. The van der Waals surface area contributed by atoms with Crippen LogP contribution in [-0.2, 0) is 16.0 Å². The zero-order valence-electron chi connectivity index (χ0n) is 22.1. The maximum Gasteiger partial charge on any atom is 0.243 e. The third kappa shape index (κ3) is 7.17. The predicted octanol–water partition coefficient (Wildman–Crippen LogP) is 6.98. The lowest BCUT2D eigenvalue weighted by atomic mass is 10.0. The van der Waals surface area contributed by atoms with Crippen LogP contribution in [0.3, 0.4) is 0 Å². The van der Waals surface area contributed by atoms with Crippen LogP contribution in [0, 0.1) is 0 Å². The second-order valence-electron chi connectivity index (χ2n) is 9.44. The van der Waals surface area contributed by atoms with E-state index in [1.807, 2.05) is 85.1 Å². The average molecular weight is 566 g/mol. The number of hydrogen-bond donors (Lipinski definition) is 3. The highest BCUT2D eigenvalue weighted by Gasteiger charge is 2.32. The maximum atomic E-state index is 13.9. The van der Waals surface area contributed by atoms with Crippen molar-refractivity contribution in [3.8, 4) is 0 Å². The molecule has 0 aliphatic carbocycles. The quantitative estimate of drug-likeness (QED) is 0.119. The number of rotatable bonds is 11. The highest BCUT2D eigenvalue weighted by molar-refractivity contribution is 8.03. The van der Waals surface area contributed by atoms with Crippen LogP contribution in [0.4, 0.5) is 0 Å². The molecule has 5 rings (SSSR count). The summed E-state index contributed by atoms with van der Waals surface area (Å²) in [5.41, 5.74) is 3.14. The Bertz CT molecular complexity index is 1540. The van der Waals surface area contributed by atoms with Gasteiger partial charge in [-0.3, -0.25) is 9.59 Å². The maximum absolute atomic E-state index is 13.9. The van der Waals surface area contributed by atoms with E-state index in [-0.39, 0.29) is 22.4 Å². The summed E-state index contributed by atoms with van der Waals surface area (Å²) < 4.78 is 0. The van der Waals surface area contributed by atoms with Crippen molar-refractivity contribution in [3.63, 3.8) is 0 Å². The number of thioether (sulfide) groups is 2. The van der Waals surface area contributed by atoms with Crippen molar-refractivity contribution in [3.05, 3.63) is 133 Å². The first-order chi connectivity index (χ1) is 19.6. The molecule has 0 radical (unpaired) electrons. The first kappa shape index (κ1) is 27.6. The second-order valence-corrected chi connectivity index (χ2v) is 11.9. The van der Waals surface area contributed by atoms with Gasteiger partial charge in [0.15, 0.2) is 0 Å². The van der Waals surface area contributed by atoms with E-state index in [1.54, 1.807) is 23.5 Å². The number of H-pyrrole nitrogens is 1. The van der Waals surface area contributed by atoms with E-state index < -0.39 is 6.04 Å². The number of carbonyl (C=O) groups excluding carboxylic acids is 2. The Kier molecular flexibility index (Phi) is 9.26. The zero-order valence-corrected chi connectivity index (χ0v) is 23.8. The normalized spacial score (nSPS) is 13.3. The molecular weight excluding hydrogens is 535 g/mol. The Morgan fingerprint density at radius 2 is 1.30 bits per heavy atom. The smallest absolute Gasteiger partial charge is 0.243 e. The Morgan fingerprint density at radius 1 is 0.725 bits per heavy atom. The van der Waals surface area contributed by atoms with E-state index in [0.717, 1.165) is 31.8 Å². The Hall–Kier alpha value is -3.94. The molecule has 2 amide bonds. The highest BCUT2D eigenvalue weighted by atomic mass is 32.2. The molecule has 0 bridgehead atoms. The van der Waals surface area contributed by atoms with Gasteiger partial charge in [0, 0.05) is 40.2 Å². The molecule has 0 aliphatic heterocycles. The topological polar surface area (TPSA) is 74.0 Å². The van der Waals surface area contributed by atoms with Gasteiger partial charge in [0.2, 0.25) is 11.8 Å². The van der Waals surface area contributed by atoms with Crippen LogP contribution in [0.15, 0.2) is 131 Å². The fourth-order valence-electron chi connectivity index (χ4n) is 4.62. The zero-order chi connectivity index (χ0) is 27.7. The lowest BCUT2D eigenvalue weighted by molar-refractivity contribution is -0.128. The molecular formula is C33H31N3O2S2. The standard InChI is InChI=1S/C33H31N3O2S2/c1-23(37)35-30(21-24-13-5-2-6-14-24)32(38)36-33(40-26-17-9-4-10-18-26)31(39-25-15-7-3-8-16-25)28-22-34-29-20-12-11-19-27(28)29/h2-20,22,30-31,33-34H,21H2,1H3,(H,35,37)(H,36,38)/t30-,31?,33?/m0/s1. The summed E-state index contributed by atoms with van der Waals surface area (Å²) in [5.74, 6) is -0.457. The van der Waals surface area contributed by atoms with Gasteiger partial charge in [-0.05, 0) is 41.5 Å². The molecule has 0 aliphatic rings. The predicted molar refractivity (Wildman–Crippen MR) is 165 cm³/mol. The molecule has 2 unspecified atom stereocenters. The van der Waals surface area contributed by atoms with E-state index in [4.69, 9.17) is 0 Å². The largest absolute Gasteiger partial charge is 0.361 e. The number of hydrogen-bond acceptors (Lipinski definition) is 4. The molecule has 0 spiro atoms. The van der Waals surface area contributed by atoms with Gasteiger partial charge in [-0.1, -0.05) is 96.7 Å². The van der Waals surface area contributed by atoms with Crippen molar-refractivity contribution in [1.29, 1.82) is 0 Å². The number of nitrogens with one attached hydrogen (secondary N) is 3. The third-order valence-corrected chi connectivity index (χ3v) is 9.16. The monoisotopic (exact) mass is 565 g/mol. The molecule has 1 aromatic heterocycles. The van der Waals surface area contributed by atoms with E-state index in [9.17, 15) is 9.59 Å². The summed E-state index contributed by atoms with van der Waals surface area (Å²) in [6.07, 6.45) is 2.45. The van der Waals surface area contributed by atoms with Gasteiger partial charge in [0.1, 0.15) is 6.04 Å². The molecule has 4 aromatic carbocycles. The van der Waals surface area contributed by atoms with Crippen molar-refractivity contribution >= 4 is 46.2 Å². The summed E-state index contributed by atoms with van der Waals surface area (Å²) >= 11 is 3.33. The van der Waals surface area contributed by atoms with Gasteiger partial charge >= 0.3 is 0 Å². The summed E-state index contributed by atoms with van der Waals surface area (Å²) in [5, 5.41) is 6.86. The Morgan fingerprint density at radius 3 is 1.95 bits per heavy atom. The molecule has 40 heavy (non-hydrogen) atoms. The number of fused-ring (bicyclic) bond motifs is 1. The Labute approximate surface area is 243 Å². The molecule has 0 saturated heterocycles. The number of aromatic amines is 1. The van der Waals surface area contributed by atoms with Crippen LogP contribution >= 0.6 is 23.5 Å². The number of benzene rings is 4. The number of para-hydroxylation sites is 1. The summed E-state index contributed by atoms with van der Waals surface area (Å²) in [6.45, 7) is 1.45. The lowest BCUT2D eigenvalue weighted by Gasteiger charge is -2.29. The molecule has 202 valence electrons. The van der Waals surface area contributed by atoms with E-state index in [2.05, 4.69) is 52.0 Å². The first-order valence-electron chi connectivity index (χ1n) is 13.2. The summed E-state index contributed by atoms with van der Waals surface area (Å²) in [6, 6.07) is 37.6. The van der Waals surface area contributed by atoms with E-state index in [1.165, 1.54) is 6.92 Å². The fourth-order valence-corrected chi connectivity index (χ4v) is 7.13. The minimum Gasteiger partial charge on any atom is -0.361 e. The molecule has 7 heteroatoms. The van der Waals surface area contributed by atoms with Crippen LogP contribution in [-0.4, -0.2) is 28.2 Å². The van der Waals surface area contributed by atoms with E-state index >= 15 is 0 Å². The number of carbonyl (C=O) groups is 2. The number of aromatic nitrogens is 1. The molecule has 3 atom stereocenters. The van der Waals surface area contributed by atoms with Crippen LogP contribution < -0.4 is 10.6 Å². The molecule has 5 aromatic rings. The van der Waals surface area contributed by atoms with Gasteiger partial charge in [-0.2, -0.15) is 0 Å². The highest BCUT2D eigenvalue weighted by Crippen LogP contribution is 2.45. The molecule has 0 saturated carbocycles. The molecule has 3 N–H and O–H groups in total. The van der Waals surface area contributed by atoms with Crippen molar-refractivity contribution in [1.82, 2.24) is 15.6 Å². The van der Waals surface area contributed by atoms with Crippen LogP contribution in [0.2, 0.25) is 0 Å². The van der Waals surface area contributed by atoms with Gasteiger partial charge < -0.3 is 15.6 Å². The van der Waals surface area contributed by atoms with Crippen molar-refractivity contribution in [2.24, 2.45) is 0 Å². The molecule has 5 nitrogen and oxygen atoms in total. The summed E-state index contributed by atoms with van der Waals surface area (Å²) in [7, 11) is 0. The fraction of sp³-hybridized carbons (Fsp3) is 0.152. The molecule has 0 fully saturated rings. The van der Waals surface area contributed by atoms with Crippen LogP contribution in [0.25, 0.3) is 10.9 Å². The van der Waals surface area contributed by atoms with Gasteiger partial charge in [-0.25, -0.2) is 0 Å². The average Bonchev–Trinajstić information content (AvgIpc) is 3.41. The number of amides is 2. The van der Waals surface area contributed by atoms with Crippen molar-refractivity contribution in [2.75, 3.05) is 0 Å². The minimum atomic E-state index is -0.705. The van der Waals surface area contributed by atoms with Crippen molar-refractivity contribution < 1.29 is 9.59 Å². The van der Waals surface area contributed by atoms with Gasteiger partial charge in [-0.15, -0.1) is 11.8 Å². The van der Waals surface area contributed by atoms with Crippen molar-refractivity contribution in [2.45, 2.75) is 39.8 Å². The van der Waals surface area contributed by atoms with Crippen LogP contribution in [0.5, 0.6) is 0 Å². The second kappa shape index (κ2) is 13.4. The third-order valence-electron chi connectivity index (χ3n) is 6.48. The van der Waals surface area contributed by atoms with Gasteiger partial charge in [0.05, 0.1) is 10.6 Å². The first-order valence-corrected chi connectivity index (χ1v) is 14.9. The Balaban J connectivity index is 1.53.